The Balaban J connectivity index is 3.03. The number of likely N-dealkylation sites (tertiary alicyclic amines) is 1. The maximum atomic E-state index is 13.3. The van der Waals surface area contributed by atoms with Gasteiger partial charge in [-0.1, -0.05) is 20.3 Å². The molecule has 0 aromatic rings. The lowest BCUT2D eigenvalue weighted by Gasteiger charge is -2.29. The summed E-state index contributed by atoms with van der Waals surface area (Å²) in [5, 5.41) is 14.9. The van der Waals surface area contributed by atoms with Gasteiger partial charge in [-0.25, -0.2) is 4.79 Å². The van der Waals surface area contributed by atoms with E-state index >= 15 is 0 Å². The van der Waals surface area contributed by atoms with Crippen molar-refractivity contribution in [2.24, 2.45) is 28.1 Å². The molecule has 1 heterocycles. The molecule has 0 spiro atoms. The molecule has 13 heteroatoms. The van der Waals surface area contributed by atoms with Crippen molar-refractivity contribution in [3.05, 3.63) is 0 Å². The Morgan fingerprint density at radius 1 is 1.14 bits per heavy atom. The van der Waals surface area contributed by atoms with Crippen LogP contribution in [-0.4, -0.2) is 88.9 Å². The molecule has 1 aliphatic rings. The topological polar surface area (TPSA) is 206 Å². The summed E-state index contributed by atoms with van der Waals surface area (Å²) in [5.74, 6) is -2.04. The first-order chi connectivity index (χ1) is 16.5. The quantitative estimate of drug-likeness (QED) is 0.0916. The molecule has 0 saturated carbocycles. The van der Waals surface area contributed by atoms with Gasteiger partial charge in [-0.3, -0.25) is 19.4 Å². The summed E-state index contributed by atoms with van der Waals surface area (Å²) in [7, 11) is 0. The van der Waals surface area contributed by atoms with E-state index in [0.29, 0.717) is 44.4 Å². The van der Waals surface area contributed by atoms with E-state index in [2.05, 4.69) is 15.6 Å². The zero-order valence-corrected chi connectivity index (χ0v) is 21.7. The zero-order valence-electron chi connectivity index (χ0n) is 20.9. The summed E-state index contributed by atoms with van der Waals surface area (Å²) >= 11 is 1.52. The van der Waals surface area contributed by atoms with E-state index in [9.17, 15) is 24.3 Å². The van der Waals surface area contributed by atoms with Crippen LogP contribution in [0.5, 0.6) is 0 Å². The van der Waals surface area contributed by atoms with Crippen molar-refractivity contribution < 1.29 is 24.3 Å². The van der Waals surface area contributed by atoms with Gasteiger partial charge < -0.3 is 37.8 Å². The minimum Gasteiger partial charge on any atom is -0.480 e. The molecular formula is C22H41N7O5S. The smallest absolute Gasteiger partial charge is 0.326 e. The van der Waals surface area contributed by atoms with Gasteiger partial charge in [-0.2, -0.15) is 11.8 Å². The standard InChI is InChI=1S/C22H41N7O5S/c1-4-13(2)17(23)19(31)27-14(9-12-35-3)18(30)28-15(7-5-10-26-22(24)25)20(32)29-11-6-8-16(29)21(33)34/h13-17H,4-12,23H2,1-3H3,(H,27,31)(H,28,30)(H,33,34)(H4,24,25,26). The number of aliphatic carboxylic acids is 1. The molecule has 1 saturated heterocycles. The summed E-state index contributed by atoms with van der Waals surface area (Å²) in [6.07, 6.45) is 4.47. The first-order valence-corrected chi connectivity index (χ1v) is 13.4. The predicted octanol–water partition coefficient (Wildman–Crippen LogP) is -0.788. The van der Waals surface area contributed by atoms with Crippen molar-refractivity contribution in [3.8, 4) is 0 Å². The second-order valence-electron chi connectivity index (χ2n) is 8.79. The summed E-state index contributed by atoms with van der Waals surface area (Å²) < 4.78 is 0. The third kappa shape index (κ3) is 9.92. The van der Waals surface area contributed by atoms with Crippen molar-refractivity contribution in [1.29, 1.82) is 0 Å². The van der Waals surface area contributed by atoms with Crippen LogP contribution in [0, 0.1) is 5.92 Å². The summed E-state index contributed by atoms with van der Waals surface area (Å²) in [6, 6.07) is -3.55. The van der Waals surface area contributed by atoms with Crippen molar-refractivity contribution in [1.82, 2.24) is 15.5 Å². The van der Waals surface area contributed by atoms with Gasteiger partial charge in [0, 0.05) is 13.1 Å². The molecule has 5 atom stereocenters. The largest absolute Gasteiger partial charge is 0.480 e. The van der Waals surface area contributed by atoms with Gasteiger partial charge in [0.1, 0.15) is 18.1 Å². The normalized spacial score (nSPS) is 18.7. The highest BCUT2D eigenvalue weighted by molar-refractivity contribution is 7.98. The van der Waals surface area contributed by atoms with Gasteiger partial charge in [-0.05, 0) is 50.0 Å². The molecular weight excluding hydrogens is 474 g/mol. The predicted molar refractivity (Wildman–Crippen MR) is 137 cm³/mol. The summed E-state index contributed by atoms with van der Waals surface area (Å²) in [6.45, 7) is 4.34. The zero-order chi connectivity index (χ0) is 26.5. The third-order valence-corrected chi connectivity index (χ3v) is 6.83. The van der Waals surface area contributed by atoms with Crippen LogP contribution in [-0.2, 0) is 19.2 Å². The lowest BCUT2D eigenvalue weighted by molar-refractivity contribution is -0.149. The van der Waals surface area contributed by atoms with Crippen LogP contribution < -0.4 is 27.8 Å². The third-order valence-electron chi connectivity index (χ3n) is 6.18. The summed E-state index contributed by atoms with van der Waals surface area (Å²) in [4.78, 5) is 55.9. The molecule has 35 heavy (non-hydrogen) atoms. The maximum Gasteiger partial charge on any atom is 0.326 e. The number of carboxylic acids is 1. The van der Waals surface area contributed by atoms with Gasteiger partial charge in [0.05, 0.1) is 6.04 Å². The summed E-state index contributed by atoms with van der Waals surface area (Å²) in [5.41, 5.74) is 16.7. The van der Waals surface area contributed by atoms with E-state index in [1.807, 2.05) is 20.1 Å². The fourth-order valence-electron chi connectivity index (χ4n) is 3.81. The Labute approximate surface area is 211 Å². The van der Waals surface area contributed by atoms with E-state index in [1.54, 1.807) is 0 Å². The van der Waals surface area contributed by atoms with E-state index in [-0.39, 0.29) is 24.8 Å². The number of carbonyl (C=O) groups is 4. The number of nitrogens with zero attached hydrogens (tertiary/aromatic N) is 2. The van der Waals surface area contributed by atoms with Crippen LogP contribution in [0.2, 0.25) is 0 Å². The first-order valence-electron chi connectivity index (χ1n) is 12.0. The number of thioether (sulfide) groups is 1. The molecule has 1 rings (SSSR count). The SMILES string of the molecule is CCC(C)C(N)C(=O)NC(CCSC)C(=O)NC(CCCN=C(N)N)C(=O)N1CCCC1C(=O)O. The van der Waals surface area contributed by atoms with Gasteiger partial charge >= 0.3 is 5.97 Å². The Kier molecular flexibility index (Phi) is 13.5. The minimum absolute atomic E-state index is 0.0627. The lowest BCUT2D eigenvalue weighted by Crippen LogP contribution is -2.57. The molecule has 200 valence electrons. The number of hydrogen-bond donors (Lipinski definition) is 6. The van der Waals surface area contributed by atoms with Crippen LogP contribution in [0.15, 0.2) is 4.99 Å². The number of rotatable bonds is 15. The molecule has 0 aromatic carbocycles. The van der Waals surface area contributed by atoms with Gasteiger partial charge in [0.2, 0.25) is 17.7 Å². The number of aliphatic imine (C=N–C) groups is 1. The highest BCUT2D eigenvalue weighted by Gasteiger charge is 2.38. The van der Waals surface area contributed by atoms with Crippen LogP contribution in [0.4, 0.5) is 0 Å². The highest BCUT2D eigenvalue weighted by Crippen LogP contribution is 2.20. The fourth-order valence-corrected chi connectivity index (χ4v) is 4.28. The number of amides is 3. The van der Waals surface area contributed by atoms with Crippen molar-refractivity contribution >= 4 is 41.4 Å². The van der Waals surface area contributed by atoms with Crippen molar-refractivity contribution in [2.45, 2.75) is 76.5 Å². The average Bonchev–Trinajstić information content (AvgIpc) is 3.32. The second kappa shape index (κ2) is 15.5. The molecule has 1 fully saturated rings. The number of guanidine groups is 1. The molecule has 12 nitrogen and oxygen atoms in total. The Hall–Kier alpha value is -2.54. The first kappa shape index (κ1) is 30.5. The van der Waals surface area contributed by atoms with Gasteiger partial charge in [0.15, 0.2) is 5.96 Å². The van der Waals surface area contributed by atoms with Crippen LogP contribution >= 0.6 is 11.8 Å². The molecule has 0 bridgehead atoms. The fraction of sp³-hybridized carbons (Fsp3) is 0.773. The van der Waals surface area contributed by atoms with Gasteiger partial charge in [-0.15, -0.1) is 0 Å². The van der Waals surface area contributed by atoms with Crippen molar-refractivity contribution in [3.63, 3.8) is 0 Å². The van der Waals surface area contributed by atoms with Crippen molar-refractivity contribution in [2.75, 3.05) is 25.1 Å². The molecule has 0 aromatic heterocycles. The molecule has 1 aliphatic heterocycles. The molecule has 5 unspecified atom stereocenters. The number of nitrogens with one attached hydrogen (secondary N) is 2. The van der Waals surface area contributed by atoms with E-state index in [4.69, 9.17) is 17.2 Å². The molecule has 9 N–H and O–H groups in total. The number of carboxylic acid groups (broad SMARTS) is 1. The molecule has 0 aliphatic carbocycles. The molecule has 3 amide bonds. The average molecular weight is 516 g/mol. The second-order valence-corrected chi connectivity index (χ2v) is 9.78. The number of carbonyl (C=O) groups excluding carboxylic acids is 3. The van der Waals surface area contributed by atoms with Crippen LogP contribution in [0.25, 0.3) is 0 Å². The van der Waals surface area contributed by atoms with Gasteiger partial charge in [0.25, 0.3) is 0 Å². The highest BCUT2D eigenvalue weighted by atomic mass is 32.2. The van der Waals surface area contributed by atoms with E-state index < -0.39 is 47.9 Å². The van der Waals surface area contributed by atoms with Crippen LogP contribution in [0.1, 0.15) is 52.4 Å². The monoisotopic (exact) mass is 515 g/mol. The minimum atomic E-state index is -1.08. The van der Waals surface area contributed by atoms with Crippen LogP contribution in [0.3, 0.4) is 0 Å². The Morgan fingerprint density at radius 2 is 1.80 bits per heavy atom. The maximum absolute atomic E-state index is 13.3. The Morgan fingerprint density at radius 3 is 2.37 bits per heavy atom. The number of nitrogens with two attached hydrogens (primary N) is 3. The van der Waals surface area contributed by atoms with E-state index in [0.717, 1.165) is 0 Å². The Bertz CT molecular complexity index is 762. The lowest BCUT2D eigenvalue weighted by atomic mass is 9.99. The number of hydrogen-bond acceptors (Lipinski definition) is 7. The molecule has 0 radical (unpaired) electrons. The van der Waals surface area contributed by atoms with E-state index in [1.165, 1.54) is 16.7 Å².